The molecule has 0 aliphatic carbocycles. The van der Waals surface area contributed by atoms with Gasteiger partial charge in [0.05, 0.1) is 11.4 Å². The van der Waals surface area contributed by atoms with E-state index in [1.54, 1.807) is 35.9 Å². The van der Waals surface area contributed by atoms with Crippen molar-refractivity contribution in [2.24, 2.45) is 0 Å². The van der Waals surface area contributed by atoms with Crippen LogP contribution in [0.15, 0.2) is 40.9 Å². The van der Waals surface area contributed by atoms with Crippen molar-refractivity contribution in [3.8, 4) is 5.69 Å². The van der Waals surface area contributed by atoms with Crippen LogP contribution in [0.4, 0.5) is 5.82 Å². The van der Waals surface area contributed by atoms with E-state index in [0.717, 1.165) is 21.6 Å². The summed E-state index contributed by atoms with van der Waals surface area (Å²) in [6, 6.07) is 10.5. The molecule has 0 spiro atoms. The Kier molecular flexibility index (Phi) is 5.08. The molecule has 1 amide bonds. The van der Waals surface area contributed by atoms with Gasteiger partial charge in [-0.1, -0.05) is 16.8 Å². The van der Waals surface area contributed by atoms with Crippen LogP contribution in [0, 0.1) is 13.8 Å². The van der Waals surface area contributed by atoms with Gasteiger partial charge in [0.1, 0.15) is 15.5 Å². The fourth-order valence-electron chi connectivity index (χ4n) is 2.71. The molecule has 10 heteroatoms. The molecule has 0 radical (unpaired) electrons. The van der Waals surface area contributed by atoms with E-state index in [-0.39, 0.29) is 5.82 Å². The maximum atomic E-state index is 12.4. The van der Waals surface area contributed by atoms with Crippen LogP contribution in [0.2, 0.25) is 5.02 Å². The van der Waals surface area contributed by atoms with Gasteiger partial charge in [-0.25, -0.2) is 9.48 Å². The number of fused-ring (bicyclic) bond motifs is 1. The average molecular weight is 431 g/mol. The highest BCUT2D eigenvalue weighted by Gasteiger charge is 2.19. The second-order valence-corrected chi connectivity index (χ2v) is 7.72. The minimum atomic E-state index is -0.584. The number of ether oxygens (including phenoxy) is 1. The summed E-state index contributed by atoms with van der Waals surface area (Å²) in [4.78, 5) is 25.5. The van der Waals surface area contributed by atoms with Gasteiger partial charge in [-0.3, -0.25) is 4.79 Å². The summed E-state index contributed by atoms with van der Waals surface area (Å²) >= 11 is 7.20. The Morgan fingerprint density at radius 1 is 1.24 bits per heavy atom. The van der Waals surface area contributed by atoms with Gasteiger partial charge in [-0.05, 0) is 44.2 Å². The van der Waals surface area contributed by atoms with E-state index in [9.17, 15) is 9.59 Å². The molecule has 4 rings (SSSR count). The van der Waals surface area contributed by atoms with E-state index in [4.69, 9.17) is 20.9 Å². The van der Waals surface area contributed by atoms with E-state index >= 15 is 0 Å². The van der Waals surface area contributed by atoms with E-state index in [2.05, 4.69) is 15.6 Å². The summed E-state index contributed by atoms with van der Waals surface area (Å²) in [7, 11) is 0. The lowest BCUT2D eigenvalue weighted by Crippen LogP contribution is -2.20. The van der Waals surface area contributed by atoms with Crippen molar-refractivity contribution in [2.75, 3.05) is 11.9 Å². The number of nitrogens with one attached hydrogen (secondary N) is 1. The Morgan fingerprint density at radius 3 is 2.69 bits per heavy atom. The lowest BCUT2D eigenvalue weighted by atomic mass is 10.3. The van der Waals surface area contributed by atoms with Gasteiger partial charge in [-0.2, -0.15) is 5.10 Å². The van der Waals surface area contributed by atoms with Crippen molar-refractivity contribution in [3.05, 3.63) is 57.8 Å². The molecule has 0 fully saturated rings. The van der Waals surface area contributed by atoms with E-state index in [1.807, 2.05) is 19.1 Å². The number of rotatable bonds is 5. The molecule has 1 aromatic carbocycles. The Bertz CT molecular complexity index is 1210. The van der Waals surface area contributed by atoms with Gasteiger partial charge in [0.15, 0.2) is 12.4 Å². The first-order valence-electron chi connectivity index (χ1n) is 8.56. The maximum absolute atomic E-state index is 12.4. The molecule has 0 unspecified atom stereocenters. The van der Waals surface area contributed by atoms with Crippen molar-refractivity contribution in [2.45, 2.75) is 13.8 Å². The molecule has 3 aromatic heterocycles. The number of esters is 1. The molecular formula is C19H15ClN4O4S. The standard InChI is InChI=1S/C19H15ClN4O4S/c1-10-7-16(23-28-10)21-17(25)9-27-19(26)15-8-14-11(2)22-24(18(14)29-15)13-5-3-12(20)4-6-13/h3-8H,9H2,1-2H3,(H,21,23,25). The molecule has 4 aromatic rings. The minimum Gasteiger partial charge on any atom is -0.451 e. The quantitative estimate of drug-likeness (QED) is 0.478. The molecule has 0 saturated carbocycles. The summed E-state index contributed by atoms with van der Waals surface area (Å²) in [5, 5.41) is 12.1. The number of amides is 1. The molecule has 0 bridgehead atoms. The number of nitrogens with zero attached hydrogens (tertiary/aromatic N) is 3. The van der Waals surface area contributed by atoms with Gasteiger partial charge in [-0.15, -0.1) is 11.3 Å². The predicted octanol–water partition coefficient (Wildman–Crippen LogP) is 4.14. The second-order valence-electron chi connectivity index (χ2n) is 6.25. The first-order chi connectivity index (χ1) is 13.9. The van der Waals surface area contributed by atoms with E-state index in [0.29, 0.717) is 15.7 Å². The van der Waals surface area contributed by atoms with Gasteiger partial charge in [0, 0.05) is 16.5 Å². The Hall–Kier alpha value is -3.17. The second kappa shape index (κ2) is 7.69. The monoisotopic (exact) mass is 430 g/mol. The molecule has 29 heavy (non-hydrogen) atoms. The summed E-state index contributed by atoms with van der Waals surface area (Å²) in [5.41, 5.74) is 1.61. The SMILES string of the molecule is Cc1cc(NC(=O)COC(=O)c2cc3c(C)nn(-c4ccc(Cl)cc4)c3s2)no1. The number of hydrogen-bond donors (Lipinski definition) is 1. The fourth-order valence-corrected chi connectivity index (χ4v) is 3.91. The first-order valence-corrected chi connectivity index (χ1v) is 9.75. The zero-order chi connectivity index (χ0) is 20.5. The van der Waals surface area contributed by atoms with Gasteiger partial charge in [0.25, 0.3) is 5.91 Å². The number of benzene rings is 1. The molecule has 0 aliphatic rings. The van der Waals surface area contributed by atoms with Crippen LogP contribution in [0.25, 0.3) is 15.9 Å². The molecule has 0 saturated heterocycles. The fraction of sp³-hybridized carbons (Fsp3) is 0.158. The third-order valence-electron chi connectivity index (χ3n) is 4.05. The average Bonchev–Trinajstić information content (AvgIpc) is 3.38. The number of carbonyl (C=O) groups is 2. The number of halogens is 1. The van der Waals surface area contributed by atoms with Gasteiger partial charge < -0.3 is 14.6 Å². The van der Waals surface area contributed by atoms with E-state index < -0.39 is 18.5 Å². The highest BCUT2D eigenvalue weighted by Crippen LogP contribution is 2.31. The van der Waals surface area contributed by atoms with Crippen LogP contribution in [0.3, 0.4) is 0 Å². The largest absolute Gasteiger partial charge is 0.451 e. The summed E-state index contributed by atoms with van der Waals surface area (Å²) in [6.07, 6.45) is 0. The molecular weight excluding hydrogens is 416 g/mol. The highest BCUT2D eigenvalue weighted by molar-refractivity contribution is 7.20. The molecule has 0 aliphatic heterocycles. The lowest BCUT2D eigenvalue weighted by Gasteiger charge is -2.03. The zero-order valence-corrected chi connectivity index (χ0v) is 17.0. The number of aryl methyl sites for hydroxylation is 2. The van der Waals surface area contributed by atoms with Gasteiger partial charge in [0.2, 0.25) is 0 Å². The molecule has 8 nitrogen and oxygen atoms in total. The van der Waals surface area contributed by atoms with Crippen molar-refractivity contribution >= 4 is 50.8 Å². The van der Waals surface area contributed by atoms with Crippen molar-refractivity contribution in [3.63, 3.8) is 0 Å². The van der Waals surface area contributed by atoms with Crippen molar-refractivity contribution in [1.29, 1.82) is 0 Å². The Labute approximate surface area is 174 Å². The summed E-state index contributed by atoms with van der Waals surface area (Å²) in [5.74, 6) is -0.257. The number of anilines is 1. The minimum absolute atomic E-state index is 0.268. The smallest absolute Gasteiger partial charge is 0.348 e. The van der Waals surface area contributed by atoms with Crippen LogP contribution in [-0.2, 0) is 9.53 Å². The molecule has 1 N–H and O–H groups in total. The van der Waals surface area contributed by atoms with Gasteiger partial charge >= 0.3 is 5.97 Å². The summed E-state index contributed by atoms with van der Waals surface area (Å²) in [6.45, 7) is 3.14. The zero-order valence-electron chi connectivity index (χ0n) is 15.4. The van der Waals surface area contributed by atoms with Crippen LogP contribution >= 0.6 is 22.9 Å². The normalized spacial score (nSPS) is 11.0. The number of thiophene rings is 1. The number of aromatic nitrogens is 3. The predicted molar refractivity (Wildman–Crippen MR) is 109 cm³/mol. The summed E-state index contributed by atoms with van der Waals surface area (Å²) < 4.78 is 11.7. The molecule has 3 heterocycles. The van der Waals surface area contributed by atoms with Crippen LogP contribution in [-0.4, -0.2) is 33.4 Å². The van der Waals surface area contributed by atoms with Crippen molar-refractivity contribution < 1.29 is 18.8 Å². The maximum Gasteiger partial charge on any atom is 0.348 e. The number of carbonyl (C=O) groups excluding carboxylic acids is 2. The third kappa shape index (κ3) is 4.01. The van der Waals surface area contributed by atoms with Crippen LogP contribution < -0.4 is 5.32 Å². The molecule has 0 atom stereocenters. The number of hydrogen-bond acceptors (Lipinski definition) is 7. The van der Waals surface area contributed by atoms with E-state index in [1.165, 1.54) is 11.3 Å². The Morgan fingerprint density at radius 2 is 2.00 bits per heavy atom. The highest BCUT2D eigenvalue weighted by atomic mass is 35.5. The topological polar surface area (TPSA) is 99.2 Å². The van der Waals surface area contributed by atoms with Crippen LogP contribution in [0.1, 0.15) is 21.1 Å². The molecule has 148 valence electrons. The first kappa shape index (κ1) is 19.2. The van der Waals surface area contributed by atoms with Crippen molar-refractivity contribution in [1.82, 2.24) is 14.9 Å². The Balaban J connectivity index is 1.49. The third-order valence-corrected chi connectivity index (χ3v) is 5.39. The lowest BCUT2D eigenvalue weighted by molar-refractivity contribution is -0.119. The van der Waals surface area contributed by atoms with Crippen LogP contribution in [0.5, 0.6) is 0 Å².